The van der Waals surface area contributed by atoms with Gasteiger partial charge in [0.05, 0.1) is 17.3 Å². The highest BCUT2D eigenvalue weighted by atomic mass is 32.1. The molecule has 1 aliphatic heterocycles. The molecular weight excluding hydrogens is 232 g/mol. The highest BCUT2D eigenvalue weighted by molar-refractivity contribution is 7.07. The number of hydrogen-bond acceptors (Lipinski definition) is 4. The second-order valence-electron chi connectivity index (χ2n) is 5.04. The number of thiazole rings is 1. The molecule has 1 aromatic heterocycles. The highest BCUT2D eigenvalue weighted by Gasteiger charge is 2.22. The van der Waals surface area contributed by atoms with Crippen LogP contribution in [0, 0.1) is 0 Å². The Bertz CT molecular complexity index is 313. The molecule has 0 saturated carbocycles. The number of hydrogen-bond donors (Lipinski definition) is 1. The van der Waals surface area contributed by atoms with Gasteiger partial charge in [-0.3, -0.25) is 4.90 Å². The first kappa shape index (κ1) is 13.0. The number of aliphatic hydroxyl groups excluding tert-OH is 1. The molecule has 0 amide bonds. The van der Waals surface area contributed by atoms with Gasteiger partial charge in [0.15, 0.2) is 0 Å². The largest absolute Gasteiger partial charge is 0.393 e. The molecule has 17 heavy (non-hydrogen) atoms. The lowest BCUT2D eigenvalue weighted by Gasteiger charge is -2.30. The third-order valence-electron chi connectivity index (χ3n) is 3.46. The van der Waals surface area contributed by atoms with Gasteiger partial charge in [0.2, 0.25) is 0 Å². The molecule has 2 atom stereocenters. The highest BCUT2D eigenvalue weighted by Crippen LogP contribution is 2.22. The third-order valence-corrected chi connectivity index (χ3v) is 4.10. The molecule has 1 aromatic rings. The van der Waals surface area contributed by atoms with Crippen molar-refractivity contribution in [1.29, 1.82) is 0 Å². The van der Waals surface area contributed by atoms with Crippen molar-refractivity contribution in [2.75, 3.05) is 6.54 Å². The monoisotopic (exact) mass is 254 g/mol. The van der Waals surface area contributed by atoms with Crippen molar-refractivity contribution in [1.82, 2.24) is 9.88 Å². The zero-order valence-corrected chi connectivity index (χ0v) is 11.3. The first-order chi connectivity index (χ1) is 8.25. The minimum Gasteiger partial charge on any atom is -0.393 e. The van der Waals surface area contributed by atoms with Crippen LogP contribution in [-0.2, 0) is 6.54 Å². The number of likely N-dealkylation sites (tertiary alicyclic amines) is 1. The van der Waals surface area contributed by atoms with Crippen molar-refractivity contribution >= 4 is 11.3 Å². The lowest BCUT2D eigenvalue weighted by Crippen LogP contribution is -2.36. The second-order valence-corrected chi connectivity index (χ2v) is 5.76. The first-order valence-electron chi connectivity index (χ1n) is 6.55. The van der Waals surface area contributed by atoms with Crippen LogP contribution in [0.4, 0.5) is 0 Å². The molecule has 4 heteroatoms. The Morgan fingerprint density at radius 2 is 2.41 bits per heavy atom. The number of rotatable bonds is 4. The minimum atomic E-state index is -0.198. The summed E-state index contributed by atoms with van der Waals surface area (Å²) in [6, 6.07) is 0.527. The summed E-state index contributed by atoms with van der Waals surface area (Å²) in [5.41, 5.74) is 3.07. The Morgan fingerprint density at radius 3 is 3.12 bits per heavy atom. The van der Waals surface area contributed by atoms with E-state index in [1.54, 1.807) is 11.3 Å². The molecule has 2 unspecified atom stereocenters. The summed E-state index contributed by atoms with van der Waals surface area (Å²) < 4.78 is 0. The predicted molar refractivity (Wildman–Crippen MR) is 71.1 cm³/mol. The van der Waals surface area contributed by atoms with E-state index in [1.807, 2.05) is 12.4 Å². The van der Waals surface area contributed by atoms with Crippen LogP contribution in [0.5, 0.6) is 0 Å². The quantitative estimate of drug-likeness (QED) is 0.897. The molecule has 2 rings (SSSR count). The molecular formula is C13H22N2OS. The van der Waals surface area contributed by atoms with Crippen molar-refractivity contribution in [3.63, 3.8) is 0 Å². The number of nitrogens with zero attached hydrogens (tertiary/aromatic N) is 2. The van der Waals surface area contributed by atoms with Crippen LogP contribution in [0.2, 0.25) is 0 Å². The number of aliphatic hydroxyl groups is 1. The standard InChI is InChI=1S/C13H22N2OS/c1-11(16)7-13-5-3-2-4-6-15(13)8-12-9-17-10-14-12/h9-11,13,16H,2-8H2,1H3. The summed E-state index contributed by atoms with van der Waals surface area (Å²) in [6.45, 7) is 3.99. The normalized spacial score (nSPS) is 24.5. The molecule has 2 heterocycles. The minimum absolute atomic E-state index is 0.198. The topological polar surface area (TPSA) is 36.4 Å². The molecule has 0 radical (unpaired) electrons. The van der Waals surface area contributed by atoms with E-state index in [-0.39, 0.29) is 6.10 Å². The SMILES string of the molecule is CC(O)CC1CCCCCN1Cc1cscn1. The average molecular weight is 254 g/mol. The smallest absolute Gasteiger partial charge is 0.0795 e. The summed E-state index contributed by atoms with van der Waals surface area (Å²) >= 11 is 1.66. The van der Waals surface area contributed by atoms with Crippen molar-refractivity contribution in [3.8, 4) is 0 Å². The fraction of sp³-hybridized carbons (Fsp3) is 0.769. The molecule has 1 saturated heterocycles. The van der Waals surface area contributed by atoms with Gasteiger partial charge in [-0.1, -0.05) is 12.8 Å². The van der Waals surface area contributed by atoms with Gasteiger partial charge in [0, 0.05) is 18.0 Å². The van der Waals surface area contributed by atoms with E-state index in [4.69, 9.17) is 0 Å². The Kier molecular flexibility index (Phi) is 4.95. The fourth-order valence-electron chi connectivity index (χ4n) is 2.63. The third kappa shape index (κ3) is 4.05. The Hall–Kier alpha value is -0.450. The maximum absolute atomic E-state index is 9.60. The maximum atomic E-state index is 9.60. The first-order valence-corrected chi connectivity index (χ1v) is 7.49. The molecule has 1 N–H and O–H groups in total. The van der Waals surface area contributed by atoms with Crippen LogP contribution in [0.3, 0.4) is 0 Å². The fourth-order valence-corrected chi connectivity index (χ4v) is 3.18. The predicted octanol–water partition coefficient (Wildman–Crippen LogP) is 2.66. The molecule has 0 aromatic carbocycles. The molecule has 0 aliphatic carbocycles. The molecule has 96 valence electrons. The van der Waals surface area contributed by atoms with Crippen molar-refractivity contribution in [2.45, 2.75) is 57.7 Å². The molecule has 1 aliphatic rings. The van der Waals surface area contributed by atoms with Gasteiger partial charge in [-0.25, -0.2) is 4.98 Å². The summed E-state index contributed by atoms with van der Waals surface area (Å²) in [7, 11) is 0. The zero-order chi connectivity index (χ0) is 12.1. The van der Waals surface area contributed by atoms with E-state index in [0.717, 1.165) is 19.5 Å². The van der Waals surface area contributed by atoms with Crippen LogP contribution in [0.15, 0.2) is 10.9 Å². The average Bonchev–Trinajstić information content (AvgIpc) is 2.69. The Labute approximate surface area is 107 Å². The van der Waals surface area contributed by atoms with Gasteiger partial charge in [-0.15, -0.1) is 11.3 Å². The van der Waals surface area contributed by atoms with Crippen LogP contribution >= 0.6 is 11.3 Å². The maximum Gasteiger partial charge on any atom is 0.0795 e. The Morgan fingerprint density at radius 1 is 1.53 bits per heavy atom. The van der Waals surface area contributed by atoms with E-state index in [0.29, 0.717) is 6.04 Å². The van der Waals surface area contributed by atoms with E-state index >= 15 is 0 Å². The van der Waals surface area contributed by atoms with Crippen LogP contribution in [-0.4, -0.2) is 33.7 Å². The molecule has 1 fully saturated rings. The van der Waals surface area contributed by atoms with Gasteiger partial charge in [0.25, 0.3) is 0 Å². The van der Waals surface area contributed by atoms with Gasteiger partial charge >= 0.3 is 0 Å². The van der Waals surface area contributed by atoms with Crippen LogP contribution in [0.1, 0.15) is 44.7 Å². The lowest BCUT2D eigenvalue weighted by atomic mass is 10.0. The van der Waals surface area contributed by atoms with Gasteiger partial charge < -0.3 is 5.11 Å². The van der Waals surface area contributed by atoms with Crippen molar-refractivity contribution < 1.29 is 5.11 Å². The Balaban J connectivity index is 1.98. The van der Waals surface area contributed by atoms with E-state index in [1.165, 1.54) is 31.4 Å². The second kappa shape index (κ2) is 6.47. The lowest BCUT2D eigenvalue weighted by molar-refractivity contribution is 0.107. The van der Waals surface area contributed by atoms with Gasteiger partial charge in [-0.2, -0.15) is 0 Å². The molecule has 0 bridgehead atoms. The van der Waals surface area contributed by atoms with Gasteiger partial charge in [0.1, 0.15) is 0 Å². The summed E-state index contributed by atoms with van der Waals surface area (Å²) in [5, 5.41) is 11.7. The van der Waals surface area contributed by atoms with Crippen molar-refractivity contribution in [3.05, 3.63) is 16.6 Å². The number of aromatic nitrogens is 1. The van der Waals surface area contributed by atoms with Crippen LogP contribution in [0.25, 0.3) is 0 Å². The summed E-state index contributed by atoms with van der Waals surface area (Å²) in [4.78, 5) is 6.88. The van der Waals surface area contributed by atoms with E-state index in [2.05, 4.69) is 15.3 Å². The van der Waals surface area contributed by atoms with E-state index in [9.17, 15) is 5.11 Å². The van der Waals surface area contributed by atoms with Gasteiger partial charge in [-0.05, 0) is 32.7 Å². The van der Waals surface area contributed by atoms with Crippen LogP contribution < -0.4 is 0 Å². The summed E-state index contributed by atoms with van der Waals surface area (Å²) in [6.07, 6.45) is 5.81. The van der Waals surface area contributed by atoms with E-state index < -0.39 is 0 Å². The summed E-state index contributed by atoms with van der Waals surface area (Å²) in [5.74, 6) is 0. The molecule has 3 nitrogen and oxygen atoms in total. The zero-order valence-electron chi connectivity index (χ0n) is 10.5. The van der Waals surface area contributed by atoms with Crippen molar-refractivity contribution in [2.24, 2.45) is 0 Å². The molecule has 0 spiro atoms.